The average Bonchev–Trinajstić information content (AvgIpc) is 1.59. The molecule has 0 aliphatic heterocycles. The fraction of sp³-hybridized carbons (Fsp3) is 0. The molecule has 0 fully saturated rings. The molecule has 26 rings (SSSR count). The van der Waals surface area contributed by atoms with Crippen molar-refractivity contribution in [3.8, 4) is 158 Å². The lowest BCUT2D eigenvalue weighted by molar-refractivity contribution is 1.07. The van der Waals surface area contributed by atoms with Crippen LogP contribution < -0.4 is 0 Å². The summed E-state index contributed by atoms with van der Waals surface area (Å²) in [6.07, 6.45) is 0. The lowest BCUT2D eigenvalue weighted by atomic mass is 9.97. The number of fused-ring (bicyclic) bond motifs is 12. The van der Waals surface area contributed by atoms with E-state index in [0.717, 1.165) is 101 Å². The van der Waals surface area contributed by atoms with Gasteiger partial charge in [-0.25, -0.2) is 29.9 Å². The molecule has 0 radical (unpaired) electrons. The Hall–Kier alpha value is -18.4. The van der Waals surface area contributed by atoms with Crippen LogP contribution in [0.5, 0.6) is 0 Å². The fourth-order valence-electron chi connectivity index (χ4n) is 19.8. The van der Waals surface area contributed by atoms with E-state index in [1.165, 1.54) is 109 Å². The first-order valence-corrected chi connectivity index (χ1v) is 46.0. The zero-order chi connectivity index (χ0) is 89.9. The van der Waals surface area contributed by atoms with E-state index in [9.17, 15) is 0 Å². The van der Waals surface area contributed by atoms with Crippen LogP contribution in [0.25, 0.3) is 245 Å². The van der Waals surface area contributed by atoms with E-state index in [0.29, 0.717) is 34.9 Å². The van der Waals surface area contributed by atoms with E-state index in [1.807, 2.05) is 121 Å². The summed E-state index contributed by atoms with van der Waals surface area (Å²) in [4.78, 5) is 29.8. The van der Waals surface area contributed by atoms with Crippen molar-refractivity contribution in [1.82, 2.24) is 48.2 Å². The monoisotopic (exact) mass is 1730 g/mol. The van der Waals surface area contributed by atoms with Gasteiger partial charge in [-0.1, -0.05) is 352 Å². The Balaban J connectivity index is 0.000000145. The molecule has 20 aromatic carbocycles. The van der Waals surface area contributed by atoms with Crippen LogP contribution in [-0.2, 0) is 0 Å². The first-order chi connectivity index (χ1) is 67.4. The molecule has 0 aliphatic rings. The third-order valence-corrected chi connectivity index (χ3v) is 26.3. The molecule has 6 heterocycles. The SMILES string of the molecule is c1ccc(-c2nc(-c3ccccc3)nc(-c3cccc(-c4cccc(-c5ccc(-n6c7ccccc7c7cc(-c8ccc9c(c8)c8ccccc8n9-c8ccccc8)ccc76)cc5)c4)c3)n2)cc1.c1ccc(-c2nc(-c3ccccc3)nc(-c3cccc(-c4cccc(-c5cccc(-n6c7ccccc7c7cc(-c8ccc9c(c8)c8ccccc8n9-c8ccccc8)ccc76)c5)c4)c3)n2)cc1. The molecule has 636 valence electrons. The van der Waals surface area contributed by atoms with Crippen molar-refractivity contribution in [2.75, 3.05) is 0 Å². The van der Waals surface area contributed by atoms with E-state index in [2.05, 4.69) is 394 Å². The molecule has 26 aromatic rings. The minimum absolute atomic E-state index is 0.634. The van der Waals surface area contributed by atoms with Gasteiger partial charge >= 0.3 is 0 Å². The van der Waals surface area contributed by atoms with Crippen LogP contribution in [0.3, 0.4) is 0 Å². The zero-order valence-electron chi connectivity index (χ0n) is 73.8. The van der Waals surface area contributed by atoms with E-state index >= 15 is 0 Å². The van der Waals surface area contributed by atoms with Crippen LogP contribution in [0, 0.1) is 0 Å². The van der Waals surface area contributed by atoms with Gasteiger partial charge in [-0.05, 0) is 212 Å². The number of nitrogens with zero attached hydrogens (tertiary/aromatic N) is 10. The highest BCUT2D eigenvalue weighted by molar-refractivity contribution is 6.15. The van der Waals surface area contributed by atoms with E-state index < -0.39 is 0 Å². The quantitative estimate of drug-likeness (QED) is 0.0956. The molecule has 0 N–H and O–H groups in total. The topological polar surface area (TPSA) is 97.1 Å². The smallest absolute Gasteiger partial charge is 0.164 e. The molecular formula is C126H82N10. The summed E-state index contributed by atoms with van der Waals surface area (Å²) in [5.41, 5.74) is 33.5. The Morgan fingerprint density at radius 1 is 0.103 bits per heavy atom. The van der Waals surface area contributed by atoms with Crippen molar-refractivity contribution >= 4 is 87.2 Å². The van der Waals surface area contributed by atoms with Crippen LogP contribution in [0.2, 0.25) is 0 Å². The van der Waals surface area contributed by atoms with Gasteiger partial charge in [-0.3, -0.25) is 0 Å². The van der Waals surface area contributed by atoms with Gasteiger partial charge in [-0.2, -0.15) is 0 Å². The highest BCUT2D eigenvalue weighted by atomic mass is 15.1. The van der Waals surface area contributed by atoms with E-state index in [-0.39, 0.29) is 0 Å². The number of rotatable bonds is 16. The normalized spacial score (nSPS) is 11.5. The molecule has 0 spiro atoms. The van der Waals surface area contributed by atoms with Gasteiger partial charge in [-0.15, -0.1) is 0 Å². The second-order valence-electron chi connectivity index (χ2n) is 34.5. The number of hydrogen-bond acceptors (Lipinski definition) is 6. The van der Waals surface area contributed by atoms with Gasteiger partial charge in [0.2, 0.25) is 0 Å². The largest absolute Gasteiger partial charge is 0.309 e. The molecule has 0 atom stereocenters. The Labute approximate surface area is 785 Å². The van der Waals surface area contributed by atoms with Gasteiger partial charge in [0, 0.05) is 99.2 Å². The Kier molecular flexibility index (Phi) is 20.0. The van der Waals surface area contributed by atoms with Gasteiger partial charge in [0.25, 0.3) is 0 Å². The Bertz CT molecular complexity index is 8960. The second-order valence-corrected chi connectivity index (χ2v) is 34.5. The van der Waals surface area contributed by atoms with Gasteiger partial charge in [0.1, 0.15) is 0 Å². The summed E-state index contributed by atoms with van der Waals surface area (Å²) < 4.78 is 9.54. The minimum atomic E-state index is 0.634. The van der Waals surface area contributed by atoms with Crippen molar-refractivity contribution in [3.05, 3.63) is 497 Å². The molecule has 0 saturated heterocycles. The molecule has 10 heteroatoms. The first-order valence-electron chi connectivity index (χ1n) is 46.0. The lowest BCUT2D eigenvalue weighted by Gasteiger charge is -2.12. The predicted molar refractivity (Wildman–Crippen MR) is 562 cm³/mol. The van der Waals surface area contributed by atoms with Crippen molar-refractivity contribution < 1.29 is 0 Å². The summed E-state index contributed by atoms with van der Waals surface area (Å²) in [5, 5.41) is 9.91. The number of para-hydroxylation sites is 6. The number of benzene rings is 20. The molecule has 0 bridgehead atoms. The number of aromatic nitrogens is 10. The van der Waals surface area contributed by atoms with Crippen molar-refractivity contribution in [1.29, 1.82) is 0 Å². The van der Waals surface area contributed by atoms with E-state index in [4.69, 9.17) is 29.9 Å². The Morgan fingerprint density at radius 3 is 0.588 bits per heavy atom. The summed E-state index contributed by atoms with van der Waals surface area (Å²) in [6, 6.07) is 177. The van der Waals surface area contributed by atoms with Crippen molar-refractivity contribution in [2.24, 2.45) is 0 Å². The molecule has 0 saturated carbocycles. The van der Waals surface area contributed by atoms with Crippen LogP contribution >= 0.6 is 0 Å². The number of hydrogen-bond donors (Lipinski definition) is 0. The zero-order valence-corrected chi connectivity index (χ0v) is 73.8. The van der Waals surface area contributed by atoms with Crippen molar-refractivity contribution in [2.45, 2.75) is 0 Å². The molecular weight excluding hydrogens is 1650 g/mol. The average molecular weight is 1740 g/mol. The maximum absolute atomic E-state index is 5.00. The van der Waals surface area contributed by atoms with Crippen molar-refractivity contribution in [3.63, 3.8) is 0 Å². The second kappa shape index (κ2) is 34.2. The highest BCUT2D eigenvalue weighted by Gasteiger charge is 2.23. The maximum atomic E-state index is 5.00. The maximum Gasteiger partial charge on any atom is 0.164 e. The van der Waals surface area contributed by atoms with Crippen LogP contribution in [0.15, 0.2) is 497 Å². The fourth-order valence-corrected chi connectivity index (χ4v) is 19.8. The Morgan fingerprint density at radius 2 is 0.287 bits per heavy atom. The minimum Gasteiger partial charge on any atom is -0.309 e. The molecule has 10 nitrogen and oxygen atoms in total. The van der Waals surface area contributed by atoms with E-state index in [1.54, 1.807) is 0 Å². The lowest BCUT2D eigenvalue weighted by Crippen LogP contribution is -2.00. The third-order valence-electron chi connectivity index (χ3n) is 26.3. The molecule has 0 amide bonds. The first kappa shape index (κ1) is 79.8. The molecule has 136 heavy (non-hydrogen) atoms. The summed E-state index contributed by atoms with van der Waals surface area (Å²) in [5.74, 6) is 3.86. The van der Waals surface area contributed by atoms with Gasteiger partial charge in [0.05, 0.1) is 44.1 Å². The standard InChI is InChI=1S/2C63H41N5/c1-4-17-42(18-5-1)61-64-62(43-19-6-2-7-20-43)66-63(65-61)50-25-15-23-46(38-50)44-21-14-22-45(37-44)47-24-16-28-52(39-47)68-58-32-13-11-30-54(58)56-41-49(34-36-60(56)68)48-33-35-59-55(40-48)53-29-10-12-31-57(53)67(59)51-26-8-3-9-27-51;1-4-16-43(17-5-1)61-64-62(44-18-6-2-7-19-44)66-63(65-61)50-23-15-22-47(39-50)46-21-14-20-45(38-46)42-30-34-52(35-31-42)68-58-29-13-11-27-54(58)56-41-49(33-37-60(56)68)48-32-36-59-55(40-48)53-26-10-12-28-57(53)67(59)51-24-8-3-9-25-51/h2*1-41H. The predicted octanol–water partition coefficient (Wildman–Crippen LogP) is 32.1. The van der Waals surface area contributed by atoms with Gasteiger partial charge in [0.15, 0.2) is 34.9 Å². The molecule has 6 aromatic heterocycles. The molecule has 0 aliphatic carbocycles. The van der Waals surface area contributed by atoms with Crippen LogP contribution in [-0.4, -0.2) is 48.2 Å². The third kappa shape index (κ3) is 14.7. The van der Waals surface area contributed by atoms with Crippen LogP contribution in [0.4, 0.5) is 0 Å². The molecule has 0 unspecified atom stereocenters. The van der Waals surface area contributed by atoms with Gasteiger partial charge < -0.3 is 18.3 Å². The summed E-state index contributed by atoms with van der Waals surface area (Å²) in [7, 11) is 0. The highest BCUT2D eigenvalue weighted by Crippen LogP contribution is 2.44. The van der Waals surface area contributed by atoms with Crippen LogP contribution in [0.1, 0.15) is 0 Å². The summed E-state index contributed by atoms with van der Waals surface area (Å²) >= 11 is 0. The summed E-state index contributed by atoms with van der Waals surface area (Å²) in [6.45, 7) is 0.